The Morgan fingerprint density at radius 3 is 2.50 bits per heavy atom. The zero-order valence-corrected chi connectivity index (χ0v) is 6.17. The van der Waals surface area contributed by atoms with Gasteiger partial charge >= 0.3 is 0 Å². The van der Waals surface area contributed by atoms with Crippen molar-refractivity contribution >= 4 is 11.6 Å². The molecule has 0 aliphatic carbocycles. The second kappa shape index (κ2) is 3.80. The van der Waals surface area contributed by atoms with Crippen LogP contribution in [0.15, 0.2) is 12.4 Å². The Balaban J connectivity index is 2.48. The topological polar surface area (TPSA) is 63.8 Å². The number of nitrogen functional groups attached to an aromatic ring is 1. The van der Waals surface area contributed by atoms with E-state index in [9.17, 15) is 8.78 Å². The van der Waals surface area contributed by atoms with E-state index in [-0.39, 0.29) is 5.95 Å². The predicted octanol–water partition coefficient (Wildman–Crippen LogP) is 0.736. The standard InChI is InChI=1S/C6H8F2N4/c7-5(8)3-12-6-10-1-4(9)2-11-6/h1-2,5H,3,9H2,(H,10,11,12). The lowest BCUT2D eigenvalue weighted by molar-refractivity contribution is 0.163. The van der Waals surface area contributed by atoms with Gasteiger partial charge in [-0.25, -0.2) is 18.7 Å². The molecule has 0 fully saturated rings. The fraction of sp³-hybridized carbons (Fsp3) is 0.333. The van der Waals surface area contributed by atoms with E-state index in [0.29, 0.717) is 5.69 Å². The molecule has 0 aliphatic heterocycles. The zero-order valence-electron chi connectivity index (χ0n) is 6.17. The minimum absolute atomic E-state index is 0.157. The fourth-order valence-corrected chi connectivity index (χ4v) is 0.598. The SMILES string of the molecule is Nc1cnc(NCC(F)F)nc1. The van der Waals surface area contributed by atoms with Crippen LogP contribution < -0.4 is 11.1 Å². The molecule has 1 aromatic heterocycles. The van der Waals surface area contributed by atoms with Crippen LogP contribution in [-0.2, 0) is 0 Å². The minimum atomic E-state index is -2.41. The van der Waals surface area contributed by atoms with Crippen LogP contribution in [0.3, 0.4) is 0 Å². The van der Waals surface area contributed by atoms with E-state index in [1.54, 1.807) is 0 Å². The lowest BCUT2D eigenvalue weighted by Gasteiger charge is -2.02. The number of alkyl halides is 2. The monoisotopic (exact) mass is 174 g/mol. The van der Waals surface area contributed by atoms with Crippen LogP contribution in [-0.4, -0.2) is 22.9 Å². The highest BCUT2D eigenvalue weighted by molar-refractivity contribution is 5.35. The zero-order chi connectivity index (χ0) is 8.97. The Kier molecular flexibility index (Phi) is 2.73. The van der Waals surface area contributed by atoms with Crippen LogP contribution in [0, 0.1) is 0 Å². The first-order valence-electron chi connectivity index (χ1n) is 3.28. The first-order valence-corrected chi connectivity index (χ1v) is 3.28. The molecular weight excluding hydrogens is 166 g/mol. The van der Waals surface area contributed by atoms with Crippen molar-refractivity contribution in [3.8, 4) is 0 Å². The van der Waals surface area contributed by atoms with Crippen molar-refractivity contribution in [3.05, 3.63) is 12.4 Å². The molecule has 0 aliphatic rings. The number of nitrogens with two attached hydrogens (primary N) is 1. The minimum Gasteiger partial charge on any atom is -0.396 e. The molecule has 0 spiro atoms. The van der Waals surface area contributed by atoms with E-state index in [2.05, 4.69) is 15.3 Å². The molecule has 0 radical (unpaired) electrons. The number of aromatic nitrogens is 2. The molecule has 0 unspecified atom stereocenters. The summed E-state index contributed by atoms with van der Waals surface area (Å²) in [6.07, 6.45) is 0.285. The molecular formula is C6H8F2N4. The van der Waals surface area contributed by atoms with Gasteiger partial charge in [0.15, 0.2) is 0 Å². The summed E-state index contributed by atoms with van der Waals surface area (Å²) >= 11 is 0. The van der Waals surface area contributed by atoms with Gasteiger partial charge in [-0.3, -0.25) is 0 Å². The van der Waals surface area contributed by atoms with E-state index < -0.39 is 13.0 Å². The molecule has 0 saturated carbocycles. The van der Waals surface area contributed by atoms with Gasteiger partial charge in [-0.05, 0) is 0 Å². The molecule has 6 heteroatoms. The van der Waals surface area contributed by atoms with Crippen molar-refractivity contribution in [1.82, 2.24) is 9.97 Å². The number of anilines is 2. The van der Waals surface area contributed by atoms with Crippen LogP contribution in [0.2, 0.25) is 0 Å². The third-order valence-electron chi connectivity index (χ3n) is 1.09. The molecule has 1 aromatic rings. The third kappa shape index (κ3) is 2.65. The van der Waals surface area contributed by atoms with Gasteiger partial charge in [0, 0.05) is 0 Å². The molecule has 12 heavy (non-hydrogen) atoms. The van der Waals surface area contributed by atoms with Crippen molar-refractivity contribution < 1.29 is 8.78 Å². The number of halogens is 2. The van der Waals surface area contributed by atoms with Crippen molar-refractivity contribution in [2.75, 3.05) is 17.6 Å². The number of nitrogens with one attached hydrogen (secondary N) is 1. The van der Waals surface area contributed by atoms with E-state index in [1.165, 1.54) is 12.4 Å². The summed E-state index contributed by atoms with van der Waals surface area (Å²) < 4.78 is 23.3. The van der Waals surface area contributed by atoms with Crippen LogP contribution in [0.4, 0.5) is 20.4 Å². The molecule has 0 bridgehead atoms. The Labute approximate surface area is 67.8 Å². The highest BCUT2D eigenvalue weighted by Gasteiger charge is 2.02. The summed E-state index contributed by atoms with van der Waals surface area (Å²) in [6.45, 7) is -0.454. The fourth-order valence-electron chi connectivity index (χ4n) is 0.598. The van der Waals surface area contributed by atoms with Crippen molar-refractivity contribution in [2.24, 2.45) is 0 Å². The van der Waals surface area contributed by atoms with Crippen molar-refractivity contribution in [2.45, 2.75) is 6.43 Å². The van der Waals surface area contributed by atoms with Crippen molar-refractivity contribution in [3.63, 3.8) is 0 Å². The Hall–Kier alpha value is -1.46. The number of hydrogen-bond acceptors (Lipinski definition) is 4. The Morgan fingerprint density at radius 2 is 2.00 bits per heavy atom. The lowest BCUT2D eigenvalue weighted by atomic mass is 10.5. The second-order valence-electron chi connectivity index (χ2n) is 2.11. The summed E-state index contributed by atoms with van der Waals surface area (Å²) in [5.41, 5.74) is 5.68. The van der Waals surface area contributed by atoms with Crippen LogP contribution >= 0.6 is 0 Å². The van der Waals surface area contributed by atoms with E-state index in [1.807, 2.05) is 0 Å². The maximum absolute atomic E-state index is 11.7. The van der Waals surface area contributed by atoms with Crippen LogP contribution in [0.1, 0.15) is 0 Å². The quantitative estimate of drug-likeness (QED) is 0.709. The van der Waals surface area contributed by atoms with Gasteiger partial charge in [0.1, 0.15) is 0 Å². The summed E-state index contributed by atoms with van der Waals surface area (Å²) in [5.74, 6) is 0.157. The number of nitrogens with zero attached hydrogens (tertiary/aromatic N) is 2. The Morgan fingerprint density at radius 1 is 1.42 bits per heavy atom. The molecule has 1 heterocycles. The molecule has 0 amide bonds. The molecule has 0 aromatic carbocycles. The van der Waals surface area contributed by atoms with Gasteiger partial charge in [-0.2, -0.15) is 0 Å². The third-order valence-corrected chi connectivity index (χ3v) is 1.09. The van der Waals surface area contributed by atoms with Gasteiger partial charge < -0.3 is 11.1 Å². The van der Waals surface area contributed by atoms with E-state index in [0.717, 1.165) is 0 Å². The van der Waals surface area contributed by atoms with Gasteiger partial charge in [0.25, 0.3) is 6.43 Å². The first-order chi connectivity index (χ1) is 5.68. The maximum atomic E-state index is 11.7. The summed E-state index contributed by atoms with van der Waals surface area (Å²) in [7, 11) is 0. The normalized spacial score (nSPS) is 10.2. The molecule has 66 valence electrons. The molecule has 3 N–H and O–H groups in total. The van der Waals surface area contributed by atoms with Crippen LogP contribution in [0.5, 0.6) is 0 Å². The molecule has 0 atom stereocenters. The van der Waals surface area contributed by atoms with Crippen molar-refractivity contribution in [1.29, 1.82) is 0 Å². The van der Waals surface area contributed by atoms with Crippen LogP contribution in [0.25, 0.3) is 0 Å². The molecule has 4 nitrogen and oxygen atoms in total. The Bertz CT molecular complexity index is 236. The number of hydrogen-bond donors (Lipinski definition) is 2. The van der Waals surface area contributed by atoms with Gasteiger partial charge in [0.2, 0.25) is 5.95 Å². The highest BCUT2D eigenvalue weighted by atomic mass is 19.3. The van der Waals surface area contributed by atoms with Gasteiger partial charge in [0.05, 0.1) is 24.6 Å². The maximum Gasteiger partial charge on any atom is 0.255 e. The second-order valence-corrected chi connectivity index (χ2v) is 2.11. The van der Waals surface area contributed by atoms with E-state index >= 15 is 0 Å². The average molecular weight is 174 g/mol. The lowest BCUT2D eigenvalue weighted by Crippen LogP contribution is -2.12. The summed E-state index contributed by atoms with van der Waals surface area (Å²) in [4.78, 5) is 7.34. The summed E-state index contributed by atoms with van der Waals surface area (Å²) in [5, 5.41) is 2.34. The van der Waals surface area contributed by atoms with Gasteiger partial charge in [-0.1, -0.05) is 0 Å². The molecule has 1 rings (SSSR count). The van der Waals surface area contributed by atoms with E-state index in [4.69, 9.17) is 5.73 Å². The van der Waals surface area contributed by atoms with Gasteiger partial charge in [-0.15, -0.1) is 0 Å². The highest BCUT2D eigenvalue weighted by Crippen LogP contribution is 2.01. The smallest absolute Gasteiger partial charge is 0.255 e. The first kappa shape index (κ1) is 8.63. The molecule has 0 saturated heterocycles. The number of rotatable bonds is 3. The largest absolute Gasteiger partial charge is 0.396 e. The predicted molar refractivity (Wildman–Crippen MR) is 40.9 cm³/mol. The average Bonchev–Trinajstić information content (AvgIpc) is 2.03. The summed E-state index contributed by atoms with van der Waals surface area (Å²) in [6, 6.07) is 0.